The summed E-state index contributed by atoms with van der Waals surface area (Å²) in [5.41, 5.74) is 1.69. The van der Waals surface area contributed by atoms with Crippen molar-refractivity contribution < 1.29 is 23.5 Å². The van der Waals surface area contributed by atoms with Crippen LogP contribution in [0.2, 0.25) is 0 Å². The zero-order chi connectivity index (χ0) is 13.8. The van der Waals surface area contributed by atoms with Crippen molar-refractivity contribution in [1.82, 2.24) is 0 Å². The van der Waals surface area contributed by atoms with Gasteiger partial charge in [0.2, 0.25) is 0 Å². The molecular formula is C14H12O5. The van der Waals surface area contributed by atoms with Crippen LogP contribution in [0.5, 0.6) is 0 Å². The molecule has 5 heteroatoms. The smallest absolute Gasteiger partial charge is 0.341 e. The normalized spacial score (nSPS) is 10.8. The summed E-state index contributed by atoms with van der Waals surface area (Å²) in [6, 6.07) is 5.23. The van der Waals surface area contributed by atoms with Crippen LogP contribution < -0.4 is 0 Å². The lowest BCUT2D eigenvalue weighted by molar-refractivity contribution is -0.134. The Bertz CT molecular complexity index is 651. The first-order valence-electron chi connectivity index (χ1n) is 5.51. The lowest BCUT2D eigenvalue weighted by Crippen LogP contribution is -1.99. The minimum Gasteiger partial charge on any atom is -0.466 e. The van der Waals surface area contributed by atoms with Crippen LogP contribution in [0, 0.1) is 0 Å². The number of benzene rings is 1. The molecular weight excluding hydrogens is 248 g/mol. The van der Waals surface area contributed by atoms with Gasteiger partial charge in [0, 0.05) is 11.5 Å². The highest BCUT2D eigenvalue weighted by atomic mass is 16.5. The second kappa shape index (κ2) is 5.39. The van der Waals surface area contributed by atoms with Crippen LogP contribution in [0.3, 0.4) is 0 Å². The number of hydrogen-bond acceptors (Lipinski definition) is 5. The minimum absolute atomic E-state index is 0.353. The van der Waals surface area contributed by atoms with E-state index in [2.05, 4.69) is 9.47 Å². The number of furan rings is 1. The lowest BCUT2D eigenvalue weighted by Gasteiger charge is -1.97. The van der Waals surface area contributed by atoms with Crippen molar-refractivity contribution in [2.45, 2.75) is 0 Å². The number of fused-ring (bicyclic) bond motifs is 1. The molecule has 1 aromatic heterocycles. The Morgan fingerprint density at radius 2 is 2.00 bits per heavy atom. The summed E-state index contributed by atoms with van der Waals surface area (Å²) >= 11 is 0. The van der Waals surface area contributed by atoms with E-state index in [1.807, 2.05) is 0 Å². The summed E-state index contributed by atoms with van der Waals surface area (Å²) in [4.78, 5) is 22.6. The van der Waals surface area contributed by atoms with Gasteiger partial charge >= 0.3 is 11.9 Å². The first kappa shape index (κ1) is 12.9. The number of ether oxygens (including phenoxy) is 2. The van der Waals surface area contributed by atoms with Gasteiger partial charge in [-0.2, -0.15) is 0 Å². The fourth-order valence-corrected chi connectivity index (χ4v) is 1.65. The summed E-state index contributed by atoms with van der Waals surface area (Å²) in [5, 5.41) is 0.638. The molecule has 98 valence electrons. The number of esters is 2. The van der Waals surface area contributed by atoms with Gasteiger partial charge < -0.3 is 13.9 Å². The first-order valence-corrected chi connectivity index (χ1v) is 5.51. The van der Waals surface area contributed by atoms with Gasteiger partial charge in [0.15, 0.2) is 0 Å². The fraction of sp³-hybridized carbons (Fsp3) is 0.143. The molecule has 0 aliphatic carbocycles. The molecule has 5 nitrogen and oxygen atoms in total. The Balaban J connectivity index is 2.41. The van der Waals surface area contributed by atoms with Gasteiger partial charge in [-0.15, -0.1) is 0 Å². The van der Waals surface area contributed by atoms with Gasteiger partial charge in [-0.05, 0) is 23.8 Å². The van der Waals surface area contributed by atoms with Gasteiger partial charge in [-0.3, -0.25) is 0 Å². The number of rotatable bonds is 3. The van der Waals surface area contributed by atoms with Gasteiger partial charge in [-0.25, -0.2) is 9.59 Å². The lowest BCUT2D eigenvalue weighted by atomic mass is 10.1. The van der Waals surface area contributed by atoms with Crippen molar-refractivity contribution in [3.05, 3.63) is 41.7 Å². The molecule has 0 amide bonds. The van der Waals surface area contributed by atoms with E-state index in [0.717, 1.165) is 5.56 Å². The fourth-order valence-electron chi connectivity index (χ4n) is 1.65. The Morgan fingerprint density at radius 3 is 2.68 bits per heavy atom. The summed E-state index contributed by atoms with van der Waals surface area (Å²) in [6.07, 6.45) is 4.25. The third-order valence-electron chi connectivity index (χ3n) is 2.62. The van der Waals surface area contributed by atoms with Crippen LogP contribution in [0.1, 0.15) is 15.9 Å². The highest BCUT2D eigenvalue weighted by Crippen LogP contribution is 2.23. The SMILES string of the molecule is COC(=O)/C=C/c1ccc2occ(C(=O)OC)c2c1. The van der Waals surface area contributed by atoms with E-state index in [1.165, 1.54) is 26.6 Å². The van der Waals surface area contributed by atoms with Gasteiger partial charge in [0.1, 0.15) is 17.4 Å². The van der Waals surface area contributed by atoms with Crippen molar-refractivity contribution in [3.8, 4) is 0 Å². The summed E-state index contributed by atoms with van der Waals surface area (Å²) < 4.78 is 14.4. The molecule has 0 aliphatic heterocycles. The van der Waals surface area contributed by atoms with Crippen LogP contribution in [0.4, 0.5) is 0 Å². The van der Waals surface area contributed by atoms with E-state index in [-0.39, 0.29) is 0 Å². The average Bonchev–Trinajstić information content (AvgIpc) is 2.86. The summed E-state index contributed by atoms with van der Waals surface area (Å²) in [7, 11) is 2.61. The minimum atomic E-state index is -0.465. The average molecular weight is 260 g/mol. The van der Waals surface area contributed by atoms with Crippen LogP contribution in [-0.4, -0.2) is 26.2 Å². The largest absolute Gasteiger partial charge is 0.466 e. The van der Waals surface area contributed by atoms with Gasteiger partial charge in [-0.1, -0.05) is 6.07 Å². The van der Waals surface area contributed by atoms with Crippen LogP contribution in [-0.2, 0) is 14.3 Å². The van der Waals surface area contributed by atoms with Gasteiger partial charge in [0.05, 0.1) is 14.2 Å². The zero-order valence-electron chi connectivity index (χ0n) is 10.5. The molecule has 19 heavy (non-hydrogen) atoms. The van der Waals surface area contributed by atoms with Crippen molar-refractivity contribution >= 4 is 29.0 Å². The van der Waals surface area contributed by atoms with E-state index < -0.39 is 11.9 Å². The molecule has 0 saturated heterocycles. The molecule has 0 atom stereocenters. The third-order valence-corrected chi connectivity index (χ3v) is 2.62. The third kappa shape index (κ3) is 2.65. The molecule has 0 N–H and O–H groups in total. The number of methoxy groups -OCH3 is 2. The molecule has 2 aromatic rings. The molecule has 0 bridgehead atoms. The van der Waals surface area contributed by atoms with Crippen molar-refractivity contribution in [2.75, 3.05) is 14.2 Å². The predicted molar refractivity (Wildman–Crippen MR) is 68.6 cm³/mol. The van der Waals surface area contributed by atoms with E-state index in [9.17, 15) is 9.59 Å². The van der Waals surface area contributed by atoms with Crippen LogP contribution in [0.25, 0.3) is 17.0 Å². The first-order chi connectivity index (χ1) is 9.15. The predicted octanol–water partition coefficient (Wildman–Crippen LogP) is 2.41. The van der Waals surface area contributed by atoms with Crippen LogP contribution in [0.15, 0.2) is 35.0 Å². The quantitative estimate of drug-likeness (QED) is 0.626. The van der Waals surface area contributed by atoms with Crippen LogP contribution >= 0.6 is 0 Å². The second-order valence-electron chi connectivity index (χ2n) is 3.75. The highest BCUT2D eigenvalue weighted by Gasteiger charge is 2.13. The molecule has 1 aromatic carbocycles. The monoisotopic (exact) mass is 260 g/mol. The van der Waals surface area contributed by atoms with E-state index in [1.54, 1.807) is 24.3 Å². The van der Waals surface area contributed by atoms with Crippen molar-refractivity contribution in [1.29, 1.82) is 0 Å². The highest BCUT2D eigenvalue weighted by molar-refractivity contribution is 6.03. The topological polar surface area (TPSA) is 65.7 Å². The molecule has 0 saturated carbocycles. The molecule has 1 heterocycles. The van der Waals surface area contributed by atoms with Gasteiger partial charge in [0.25, 0.3) is 0 Å². The maximum Gasteiger partial charge on any atom is 0.341 e. The van der Waals surface area contributed by atoms with Crippen molar-refractivity contribution in [2.24, 2.45) is 0 Å². The Kier molecular flexibility index (Phi) is 3.66. The second-order valence-corrected chi connectivity index (χ2v) is 3.75. The van der Waals surface area contributed by atoms with E-state index in [0.29, 0.717) is 16.5 Å². The molecule has 2 rings (SSSR count). The zero-order valence-corrected chi connectivity index (χ0v) is 10.5. The number of carbonyl (C=O) groups excluding carboxylic acids is 2. The van der Waals surface area contributed by atoms with E-state index in [4.69, 9.17) is 4.42 Å². The summed E-state index contributed by atoms with van der Waals surface area (Å²) in [6.45, 7) is 0. The summed E-state index contributed by atoms with van der Waals surface area (Å²) in [5.74, 6) is -0.909. The number of hydrogen-bond donors (Lipinski definition) is 0. The van der Waals surface area contributed by atoms with Crippen molar-refractivity contribution in [3.63, 3.8) is 0 Å². The maximum absolute atomic E-state index is 11.5. The Labute approximate surface area is 109 Å². The standard InChI is InChI=1S/C14H12O5/c1-17-13(15)6-4-9-3-5-12-10(7-9)11(8-19-12)14(16)18-2/h3-8H,1-2H3/b6-4+. The number of carbonyl (C=O) groups is 2. The maximum atomic E-state index is 11.5. The molecule has 0 aliphatic rings. The molecule has 0 unspecified atom stereocenters. The molecule has 0 spiro atoms. The molecule has 0 fully saturated rings. The van der Waals surface area contributed by atoms with E-state index >= 15 is 0 Å². The molecule has 0 radical (unpaired) electrons. The Hall–Kier alpha value is -2.56. The Morgan fingerprint density at radius 1 is 1.21 bits per heavy atom.